The molecule has 0 aromatic carbocycles. The first-order chi connectivity index (χ1) is 6.50. The van der Waals surface area contributed by atoms with Crippen LogP contribution in [0.25, 0.3) is 0 Å². The second-order valence-corrected chi connectivity index (χ2v) is 4.69. The molecule has 0 bridgehead atoms. The molecule has 0 aliphatic carbocycles. The maximum Gasteiger partial charge on any atom is 0.0794 e. The average molecular weight is 195 g/mol. The van der Waals surface area contributed by atoms with Crippen LogP contribution in [0.1, 0.15) is 45.1 Å². The average Bonchev–Trinajstić information content (AvgIpc) is 2.50. The first-order valence-corrected chi connectivity index (χ1v) is 5.30. The third kappa shape index (κ3) is 2.84. The fourth-order valence-corrected chi connectivity index (χ4v) is 1.44. The predicted octanol–water partition coefficient (Wildman–Crippen LogP) is 2.26. The maximum atomic E-state index is 6.00. The Kier molecular flexibility index (Phi) is 3.69. The second-order valence-electron chi connectivity index (χ2n) is 4.69. The molecule has 0 aliphatic heterocycles. The van der Waals surface area contributed by atoms with Crippen LogP contribution in [-0.2, 0) is 6.42 Å². The number of nitrogens with one attached hydrogen (secondary N) is 1. The van der Waals surface area contributed by atoms with E-state index in [-0.39, 0.29) is 6.04 Å². The van der Waals surface area contributed by atoms with E-state index >= 15 is 0 Å². The SMILES string of the molecule is CC(C)Cc1cc([C@@H](N)C(C)C)n[nH]1. The van der Waals surface area contributed by atoms with Gasteiger partial charge < -0.3 is 5.73 Å². The van der Waals surface area contributed by atoms with E-state index in [9.17, 15) is 0 Å². The summed E-state index contributed by atoms with van der Waals surface area (Å²) in [6.45, 7) is 8.62. The van der Waals surface area contributed by atoms with Crippen LogP contribution in [0.3, 0.4) is 0 Å². The van der Waals surface area contributed by atoms with Crippen LogP contribution in [0.15, 0.2) is 6.07 Å². The standard InChI is InChI=1S/C11H21N3/c1-7(2)5-9-6-10(14-13-9)11(12)8(3)4/h6-8,11H,5,12H2,1-4H3,(H,13,14)/t11-/m0/s1. The third-order valence-electron chi connectivity index (χ3n) is 2.34. The van der Waals surface area contributed by atoms with Gasteiger partial charge in [0.25, 0.3) is 0 Å². The topological polar surface area (TPSA) is 54.7 Å². The van der Waals surface area contributed by atoms with Gasteiger partial charge in [0, 0.05) is 5.69 Å². The summed E-state index contributed by atoms with van der Waals surface area (Å²) in [6.07, 6.45) is 1.04. The predicted molar refractivity (Wildman–Crippen MR) is 58.9 cm³/mol. The van der Waals surface area contributed by atoms with Crippen LogP contribution in [0.5, 0.6) is 0 Å². The highest BCUT2D eigenvalue weighted by atomic mass is 15.1. The van der Waals surface area contributed by atoms with Crippen LogP contribution in [0.4, 0.5) is 0 Å². The summed E-state index contributed by atoms with van der Waals surface area (Å²) < 4.78 is 0. The molecular weight excluding hydrogens is 174 g/mol. The van der Waals surface area contributed by atoms with Crippen molar-refractivity contribution in [3.05, 3.63) is 17.5 Å². The molecule has 0 aliphatic rings. The van der Waals surface area contributed by atoms with Crippen molar-refractivity contribution in [1.82, 2.24) is 10.2 Å². The minimum Gasteiger partial charge on any atom is -0.322 e. The van der Waals surface area contributed by atoms with Crippen molar-refractivity contribution in [1.29, 1.82) is 0 Å². The van der Waals surface area contributed by atoms with Gasteiger partial charge in [-0.2, -0.15) is 5.10 Å². The van der Waals surface area contributed by atoms with Crippen LogP contribution < -0.4 is 5.73 Å². The molecule has 1 aromatic heterocycles. The number of hydrogen-bond donors (Lipinski definition) is 2. The minimum absolute atomic E-state index is 0.0483. The number of rotatable bonds is 4. The molecule has 3 heteroatoms. The first-order valence-electron chi connectivity index (χ1n) is 5.30. The molecule has 1 heterocycles. The van der Waals surface area contributed by atoms with Gasteiger partial charge in [-0.1, -0.05) is 27.7 Å². The Balaban J connectivity index is 2.67. The van der Waals surface area contributed by atoms with E-state index in [0.717, 1.165) is 12.1 Å². The Bertz CT molecular complexity index is 276. The molecule has 1 aromatic rings. The molecule has 3 N–H and O–H groups in total. The highest BCUT2D eigenvalue weighted by Gasteiger charge is 2.14. The highest BCUT2D eigenvalue weighted by molar-refractivity contribution is 5.13. The minimum atomic E-state index is 0.0483. The summed E-state index contributed by atoms with van der Waals surface area (Å²) in [5.41, 5.74) is 8.17. The molecule has 0 saturated carbocycles. The van der Waals surface area contributed by atoms with Gasteiger partial charge in [-0.15, -0.1) is 0 Å². The number of aromatic nitrogens is 2. The maximum absolute atomic E-state index is 6.00. The summed E-state index contributed by atoms with van der Waals surface area (Å²) >= 11 is 0. The van der Waals surface area contributed by atoms with Gasteiger partial charge in [0.2, 0.25) is 0 Å². The number of hydrogen-bond acceptors (Lipinski definition) is 2. The molecule has 1 rings (SSSR count). The van der Waals surface area contributed by atoms with E-state index in [4.69, 9.17) is 5.73 Å². The van der Waals surface area contributed by atoms with Gasteiger partial charge in [0.15, 0.2) is 0 Å². The van der Waals surface area contributed by atoms with Gasteiger partial charge in [-0.25, -0.2) is 0 Å². The Morgan fingerprint density at radius 2 is 2.00 bits per heavy atom. The molecule has 0 unspecified atom stereocenters. The summed E-state index contributed by atoms with van der Waals surface area (Å²) in [6, 6.07) is 2.14. The van der Waals surface area contributed by atoms with E-state index in [1.807, 2.05) is 0 Å². The number of nitrogens with two attached hydrogens (primary N) is 1. The molecule has 0 amide bonds. The molecule has 0 spiro atoms. The zero-order valence-corrected chi connectivity index (χ0v) is 9.54. The van der Waals surface area contributed by atoms with Crippen molar-refractivity contribution in [2.24, 2.45) is 17.6 Å². The van der Waals surface area contributed by atoms with Crippen molar-refractivity contribution < 1.29 is 0 Å². The van der Waals surface area contributed by atoms with Crippen LogP contribution in [0.2, 0.25) is 0 Å². The van der Waals surface area contributed by atoms with E-state index in [1.165, 1.54) is 5.69 Å². The lowest BCUT2D eigenvalue weighted by Gasteiger charge is -2.11. The summed E-state index contributed by atoms with van der Waals surface area (Å²) in [7, 11) is 0. The Labute approximate surface area is 86.1 Å². The van der Waals surface area contributed by atoms with Gasteiger partial charge in [0.05, 0.1) is 11.7 Å². The second kappa shape index (κ2) is 4.60. The van der Waals surface area contributed by atoms with E-state index in [1.54, 1.807) is 0 Å². The zero-order valence-electron chi connectivity index (χ0n) is 9.54. The molecule has 0 radical (unpaired) electrons. The third-order valence-corrected chi connectivity index (χ3v) is 2.34. The van der Waals surface area contributed by atoms with Crippen molar-refractivity contribution in [3.8, 4) is 0 Å². The molecular formula is C11H21N3. The Morgan fingerprint density at radius 1 is 1.36 bits per heavy atom. The molecule has 0 fully saturated rings. The normalized spacial score (nSPS) is 13.9. The van der Waals surface area contributed by atoms with Crippen molar-refractivity contribution in [3.63, 3.8) is 0 Å². The number of nitrogens with zero attached hydrogens (tertiary/aromatic N) is 1. The highest BCUT2D eigenvalue weighted by Crippen LogP contribution is 2.18. The smallest absolute Gasteiger partial charge is 0.0794 e. The van der Waals surface area contributed by atoms with Crippen LogP contribution in [-0.4, -0.2) is 10.2 Å². The fraction of sp³-hybridized carbons (Fsp3) is 0.727. The number of aromatic amines is 1. The summed E-state index contributed by atoms with van der Waals surface area (Å²) in [5.74, 6) is 1.09. The lowest BCUT2D eigenvalue weighted by Crippen LogP contribution is -2.16. The lowest BCUT2D eigenvalue weighted by molar-refractivity contribution is 0.502. The Hall–Kier alpha value is -0.830. The molecule has 1 atom stereocenters. The van der Waals surface area contributed by atoms with E-state index in [0.29, 0.717) is 11.8 Å². The van der Waals surface area contributed by atoms with E-state index in [2.05, 4.69) is 44.0 Å². The van der Waals surface area contributed by atoms with Gasteiger partial charge in [0.1, 0.15) is 0 Å². The summed E-state index contributed by atoms with van der Waals surface area (Å²) in [4.78, 5) is 0. The van der Waals surface area contributed by atoms with Crippen molar-refractivity contribution in [2.45, 2.75) is 40.2 Å². The fourth-order valence-electron chi connectivity index (χ4n) is 1.44. The van der Waals surface area contributed by atoms with Crippen molar-refractivity contribution >= 4 is 0 Å². The zero-order chi connectivity index (χ0) is 10.7. The molecule has 0 saturated heterocycles. The first kappa shape index (κ1) is 11.2. The monoisotopic (exact) mass is 195 g/mol. The van der Waals surface area contributed by atoms with Crippen LogP contribution >= 0.6 is 0 Å². The van der Waals surface area contributed by atoms with Crippen molar-refractivity contribution in [2.75, 3.05) is 0 Å². The molecule has 14 heavy (non-hydrogen) atoms. The van der Waals surface area contributed by atoms with Crippen LogP contribution in [0, 0.1) is 11.8 Å². The van der Waals surface area contributed by atoms with Gasteiger partial charge in [-0.3, -0.25) is 5.10 Å². The summed E-state index contributed by atoms with van der Waals surface area (Å²) in [5, 5.41) is 7.28. The molecule has 3 nitrogen and oxygen atoms in total. The van der Waals surface area contributed by atoms with Gasteiger partial charge in [-0.05, 0) is 24.3 Å². The number of H-pyrrole nitrogens is 1. The lowest BCUT2D eigenvalue weighted by atomic mass is 10.0. The Morgan fingerprint density at radius 3 is 2.50 bits per heavy atom. The quantitative estimate of drug-likeness (QED) is 0.774. The largest absolute Gasteiger partial charge is 0.322 e. The molecule has 80 valence electrons. The van der Waals surface area contributed by atoms with Gasteiger partial charge >= 0.3 is 0 Å². The van der Waals surface area contributed by atoms with E-state index < -0.39 is 0 Å².